The Morgan fingerprint density at radius 1 is 1.06 bits per heavy atom. The van der Waals surface area contributed by atoms with Crippen LogP contribution in [-0.2, 0) is 6.54 Å². The van der Waals surface area contributed by atoms with E-state index in [-0.39, 0.29) is 12.1 Å². The molecule has 2 rings (SSSR count). The maximum atomic E-state index is 13.5. The summed E-state index contributed by atoms with van der Waals surface area (Å²) in [5.41, 5.74) is 0.156. The molecule has 1 fully saturated rings. The van der Waals surface area contributed by atoms with Crippen LogP contribution in [0.4, 0.5) is 8.78 Å². The van der Waals surface area contributed by atoms with Crippen LogP contribution in [0.1, 0.15) is 38.7 Å². The Balaban J connectivity index is 1.95. The van der Waals surface area contributed by atoms with Crippen molar-refractivity contribution in [2.75, 3.05) is 0 Å². The van der Waals surface area contributed by atoms with E-state index in [0.717, 1.165) is 12.8 Å². The lowest BCUT2D eigenvalue weighted by Crippen LogP contribution is -2.36. The Labute approximate surface area is 108 Å². The molecule has 2 unspecified atom stereocenters. The predicted molar refractivity (Wildman–Crippen MR) is 69.2 cm³/mol. The molecule has 0 bridgehead atoms. The van der Waals surface area contributed by atoms with Crippen molar-refractivity contribution in [1.29, 1.82) is 0 Å². The van der Waals surface area contributed by atoms with E-state index in [1.54, 1.807) is 0 Å². The van der Waals surface area contributed by atoms with Crippen molar-refractivity contribution in [2.24, 2.45) is 11.8 Å². The summed E-state index contributed by atoms with van der Waals surface area (Å²) in [6.45, 7) is 4.77. The second-order valence-corrected chi connectivity index (χ2v) is 5.70. The van der Waals surface area contributed by atoms with Gasteiger partial charge in [0.05, 0.1) is 0 Å². The zero-order valence-corrected chi connectivity index (χ0v) is 11.0. The van der Waals surface area contributed by atoms with Gasteiger partial charge in [-0.05, 0) is 43.2 Å². The SMILES string of the molecule is CC1CC(C)CC(NCc2c(F)cccc2F)C1. The fraction of sp³-hybridized carbons (Fsp3) is 0.600. The topological polar surface area (TPSA) is 12.0 Å². The normalized spacial score (nSPS) is 28.3. The molecule has 0 heterocycles. The first-order valence-electron chi connectivity index (χ1n) is 6.72. The van der Waals surface area contributed by atoms with Gasteiger partial charge in [0, 0.05) is 18.2 Å². The van der Waals surface area contributed by atoms with Gasteiger partial charge in [-0.25, -0.2) is 8.78 Å². The lowest BCUT2D eigenvalue weighted by atomic mass is 9.80. The highest BCUT2D eigenvalue weighted by atomic mass is 19.1. The van der Waals surface area contributed by atoms with Crippen molar-refractivity contribution in [2.45, 2.75) is 45.7 Å². The molecule has 0 radical (unpaired) electrons. The third-order valence-corrected chi connectivity index (χ3v) is 3.81. The lowest BCUT2D eigenvalue weighted by Gasteiger charge is -2.32. The summed E-state index contributed by atoms with van der Waals surface area (Å²) >= 11 is 0. The minimum absolute atomic E-state index is 0.156. The van der Waals surface area contributed by atoms with Crippen LogP contribution < -0.4 is 5.32 Å². The van der Waals surface area contributed by atoms with Crippen molar-refractivity contribution in [3.05, 3.63) is 35.4 Å². The summed E-state index contributed by atoms with van der Waals surface area (Å²) in [6.07, 6.45) is 3.45. The molecule has 1 saturated carbocycles. The molecule has 1 aliphatic rings. The molecule has 0 aliphatic heterocycles. The number of hydrogen-bond acceptors (Lipinski definition) is 1. The zero-order chi connectivity index (χ0) is 13.1. The predicted octanol–water partition coefficient (Wildman–Crippen LogP) is 3.88. The van der Waals surface area contributed by atoms with E-state index in [9.17, 15) is 8.78 Å². The smallest absolute Gasteiger partial charge is 0.130 e. The highest BCUT2D eigenvalue weighted by molar-refractivity contribution is 5.19. The number of halogens is 2. The van der Waals surface area contributed by atoms with Crippen molar-refractivity contribution in [3.8, 4) is 0 Å². The highest BCUT2D eigenvalue weighted by Crippen LogP contribution is 2.28. The molecule has 3 heteroatoms. The average Bonchev–Trinajstić information content (AvgIpc) is 2.27. The number of nitrogens with one attached hydrogen (secondary N) is 1. The minimum atomic E-state index is -0.459. The monoisotopic (exact) mass is 253 g/mol. The molecule has 100 valence electrons. The Morgan fingerprint density at radius 2 is 1.61 bits per heavy atom. The van der Waals surface area contributed by atoms with E-state index in [4.69, 9.17) is 0 Å². The van der Waals surface area contributed by atoms with Gasteiger partial charge in [0.15, 0.2) is 0 Å². The lowest BCUT2D eigenvalue weighted by molar-refractivity contribution is 0.237. The third kappa shape index (κ3) is 3.29. The Hall–Kier alpha value is -0.960. The molecule has 0 aromatic heterocycles. The van der Waals surface area contributed by atoms with Crippen LogP contribution in [0.15, 0.2) is 18.2 Å². The number of benzene rings is 1. The van der Waals surface area contributed by atoms with Gasteiger partial charge < -0.3 is 5.32 Å². The van der Waals surface area contributed by atoms with Crippen molar-refractivity contribution in [3.63, 3.8) is 0 Å². The molecule has 1 N–H and O–H groups in total. The minimum Gasteiger partial charge on any atom is -0.310 e. The molecule has 0 spiro atoms. The summed E-state index contributed by atoms with van der Waals surface area (Å²) < 4.78 is 27.0. The van der Waals surface area contributed by atoms with Crippen molar-refractivity contribution < 1.29 is 8.78 Å². The molecule has 2 atom stereocenters. The number of rotatable bonds is 3. The fourth-order valence-corrected chi connectivity index (χ4v) is 3.06. The van der Waals surface area contributed by atoms with Gasteiger partial charge in [-0.2, -0.15) is 0 Å². The van der Waals surface area contributed by atoms with Crippen LogP contribution in [0, 0.1) is 23.5 Å². The third-order valence-electron chi connectivity index (χ3n) is 3.81. The van der Waals surface area contributed by atoms with Gasteiger partial charge in [-0.3, -0.25) is 0 Å². The van der Waals surface area contributed by atoms with E-state index in [2.05, 4.69) is 19.2 Å². The Morgan fingerprint density at radius 3 is 2.17 bits per heavy atom. The molecular formula is C15H21F2N. The summed E-state index contributed by atoms with van der Waals surface area (Å²) in [5, 5.41) is 3.30. The second kappa shape index (κ2) is 5.79. The molecule has 1 nitrogen and oxygen atoms in total. The molecule has 1 aliphatic carbocycles. The standard InChI is InChI=1S/C15H21F2N/c1-10-6-11(2)8-12(7-10)18-9-13-14(16)4-3-5-15(13)17/h3-5,10-12,18H,6-9H2,1-2H3. The largest absolute Gasteiger partial charge is 0.310 e. The highest BCUT2D eigenvalue weighted by Gasteiger charge is 2.23. The van der Waals surface area contributed by atoms with E-state index in [1.807, 2.05) is 0 Å². The van der Waals surface area contributed by atoms with Gasteiger partial charge in [0.2, 0.25) is 0 Å². The van der Waals surface area contributed by atoms with Crippen LogP contribution in [-0.4, -0.2) is 6.04 Å². The van der Waals surface area contributed by atoms with Crippen LogP contribution in [0.25, 0.3) is 0 Å². The maximum Gasteiger partial charge on any atom is 0.130 e. The van der Waals surface area contributed by atoms with Gasteiger partial charge >= 0.3 is 0 Å². The molecule has 0 amide bonds. The van der Waals surface area contributed by atoms with Gasteiger partial charge in [-0.1, -0.05) is 19.9 Å². The van der Waals surface area contributed by atoms with Crippen molar-refractivity contribution >= 4 is 0 Å². The maximum absolute atomic E-state index is 13.5. The summed E-state index contributed by atoms with van der Waals surface area (Å²) in [6, 6.07) is 4.40. The van der Waals surface area contributed by atoms with Crippen LogP contribution in [0.5, 0.6) is 0 Å². The molecule has 0 saturated heterocycles. The number of hydrogen-bond donors (Lipinski definition) is 1. The molecule has 18 heavy (non-hydrogen) atoms. The van der Waals surface area contributed by atoms with Crippen LogP contribution in [0.3, 0.4) is 0 Å². The Bertz CT molecular complexity index is 375. The summed E-state index contributed by atoms with van der Waals surface area (Å²) in [7, 11) is 0. The summed E-state index contributed by atoms with van der Waals surface area (Å²) in [4.78, 5) is 0. The van der Waals surface area contributed by atoms with E-state index in [0.29, 0.717) is 17.9 Å². The van der Waals surface area contributed by atoms with Gasteiger partial charge in [0.25, 0.3) is 0 Å². The first-order valence-corrected chi connectivity index (χ1v) is 6.72. The quantitative estimate of drug-likeness (QED) is 0.862. The van der Waals surface area contributed by atoms with Crippen LogP contribution >= 0.6 is 0 Å². The van der Waals surface area contributed by atoms with E-state index < -0.39 is 11.6 Å². The van der Waals surface area contributed by atoms with E-state index >= 15 is 0 Å². The molecule has 1 aromatic rings. The van der Waals surface area contributed by atoms with Gasteiger partial charge in [0.1, 0.15) is 11.6 Å². The average molecular weight is 253 g/mol. The van der Waals surface area contributed by atoms with Crippen molar-refractivity contribution in [1.82, 2.24) is 5.32 Å². The summed E-state index contributed by atoms with van der Waals surface area (Å²) in [5.74, 6) is 0.465. The fourth-order valence-electron chi connectivity index (χ4n) is 3.06. The Kier molecular flexibility index (Phi) is 4.33. The van der Waals surface area contributed by atoms with Gasteiger partial charge in [-0.15, -0.1) is 0 Å². The first kappa shape index (κ1) is 13.5. The molecule has 1 aromatic carbocycles. The second-order valence-electron chi connectivity index (χ2n) is 5.70. The first-order chi connectivity index (χ1) is 8.56. The molecular weight excluding hydrogens is 232 g/mol. The van der Waals surface area contributed by atoms with Crippen LogP contribution in [0.2, 0.25) is 0 Å². The zero-order valence-electron chi connectivity index (χ0n) is 11.0. The van der Waals surface area contributed by atoms with E-state index in [1.165, 1.54) is 24.6 Å².